The Labute approximate surface area is 100 Å². The molecule has 1 atom stereocenters. The first-order chi connectivity index (χ1) is 7.79. The molecule has 1 unspecified atom stereocenters. The van der Waals surface area contributed by atoms with E-state index in [1.165, 1.54) is 14.2 Å². The largest absolute Gasteiger partial charge is 0.469 e. The summed E-state index contributed by atoms with van der Waals surface area (Å²) in [7, 11) is 2.78. The van der Waals surface area contributed by atoms with Crippen molar-refractivity contribution in [1.82, 2.24) is 10.2 Å². The van der Waals surface area contributed by atoms with E-state index < -0.39 is 11.5 Å². The molecule has 6 nitrogen and oxygen atoms in total. The standard InChI is InChI=1S/C11H18N2O4/c1-11(2,10(16)17-4)6-12-7-5-8(14)13(3)9(7)15/h7,12H,5-6H2,1-4H3. The number of imide groups is 1. The van der Waals surface area contributed by atoms with Crippen molar-refractivity contribution >= 4 is 17.8 Å². The van der Waals surface area contributed by atoms with Gasteiger partial charge in [-0.05, 0) is 13.8 Å². The number of hydrogen-bond donors (Lipinski definition) is 1. The number of methoxy groups -OCH3 is 1. The van der Waals surface area contributed by atoms with Crippen LogP contribution in [0.2, 0.25) is 0 Å². The van der Waals surface area contributed by atoms with Gasteiger partial charge in [0.15, 0.2) is 0 Å². The number of ether oxygens (including phenoxy) is 1. The molecule has 6 heteroatoms. The van der Waals surface area contributed by atoms with E-state index in [2.05, 4.69) is 10.1 Å². The van der Waals surface area contributed by atoms with Gasteiger partial charge in [-0.2, -0.15) is 0 Å². The molecule has 1 heterocycles. The summed E-state index contributed by atoms with van der Waals surface area (Å²) < 4.78 is 4.66. The van der Waals surface area contributed by atoms with Crippen molar-refractivity contribution in [2.75, 3.05) is 20.7 Å². The van der Waals surface area contributed by atoms with Crippen LogP contribution in [0.25, 0.3) is 0 Å². The van der Waals surface area contributed by atoms with Crippen LogP contribution < -0.4 is 5.32 Å². The van der Waals surface area contributed by atoms with Gasteiger partial charge in [-0.1, -0.05) is 0 Å². The number of likely N-dealkylation sites (N-methyl/N-ethyl adjacent to an activating group) is 1. The molecular weight excluding hydrogens is 224 g/mol. The molecule has 1 saturated heterocycles. The van der Waals surface area contributed by atoms with E-state index in [9.17, 15) is 14.4 Å². The van der Waals surface area contributed by atoms with Crippen LogP contribution in [0.15, 0.2) is 0 Å². The lowest BCUT2D eigenvalue weighted by atomic mass is 9.93. The molecule has 0 bridgehead atoms. The number of carbonyl (C=O) groups is 3. The van der Waals surface area contributed by atoms with Crippen molar-refractivity contribution < 1.29 is 19.1 Å². The third-order valence-electron chi connectivity index (χ3n) is 2.91. The Kier molecular flexibility index (Phi) is 3.87. The SMILES string of the molecule is COC(=O)C(C)(C)CNC1CC(=O)N(C)C1=O. The van der Waals surface area contributed by atoms with Gasteiger partial charge in [-0.25, -0.2) is 0 Å². The van der Waals surface area contributed by atoms with Crippen molar-refractivity contribution in [3.8, 4) is 0 Å². The minimum Gasteiger partial charge on any atom is -0.469 e. The van der Waals surface area contributed by atoms with Crippen LogP contribution in [0.5, 0.6) is 0 Å². The highest BCUT2D eigenvalue weighted by Gasteiger charge is 2.38. The Balaban J connectivity index is 2.55. The molecule has 1 rings (SSSR count). The number of nitrogens with one attached hydrogen (secondary N) is 1. The lowest BCUT2D eigenvalue weighted by Gasteiger charge is -2.23. The Bertz CT molecular complexity index is 351. The van der Waals surface area contributed by atoms with Crippen LogP contribution in [0.1, 0.15) is 20.3 Å². The van der Waals surface area contributed by atoms with E-state index in [4.69, 9.17) is 0 Å². The molecule has 0 aromatic heterocycles. The minimum absolute atomic E-state index is 0.145. The molecule has 0 saturated carbocycles. The fraction of sp³-hybridized carbons (Fsp3) is 0.727. The molecule has 1 fully saturated rings. The van der Waals surface area contributed by atoms with Crippen molar-refractivity contribution in [2.45, 2.75) is 26.3 Å². The summed E-state index contributed by atoms with van der Waals surface area (Å²) in [5.41, 5.74) is -0.723. The van der Waals surface area contributed by atoms with Crippen molar-refractivity contribution in [3.05, 3.63) is 0 Å². The fourth-order valence-corrected chi connectivity index (χ4v) is 1.64. The summed E-state index contributed by atoms with van der Waals surface area (Å²) in [5.74, 6) is -0.811. The quantitative estimate of drug-likeness (QED) is 0.533. The Morgan fingerprint density at radius 2 is 2.12 bits per heavy atom. The molecule has 1 N–H and O–H groups in total. The summed E-state index contributed by atoms with van der Waals surface area (Å²) in [6.07, 6.45) is 0.145. The van der Waals surface area contributed by atoms with Gasteiger partial charge in [0.05, 0.1) is 25.0 Å². The second kappa shape index (κ2) is 4.83. The van der Waals surface area contributed by atoms with Crippen LogP contribution in [-0.2, 0) is 19.1 Å². The summed E-state index contributed by atoms with van der Waals surface area (Å²) in [5, 5.41) is 2.93. The smallest absolute Gasteiger partial charge is 0.312 e. The maximum absolute atomic E-state index is 11.6. The number of likely N-dealkylation sites (tertiary alicyclic amines) is 1. The third kappa shape index (κ3) is 2.82. The maximum atomic E-state index is 11.6. The van der Waals surface area contributed by atoms with Gasteiger partial charge < -0.3 is 10.1 Å². The average molecular weight is 242 g/mol. The van der Waals surface area contributed by atoms with Crippen LogP contribution in [0.4, 0.5) is 0 Å². The minimum atomic E-state index is -0.723. The second-order valence-corrected chi connectivity index (χ2v) is 4.80. The second-order valence-electron chi connectivity index (χ2n) is 4.80. The number of esters is 1. The predicted molar refractivity (Wildman–Crippen MR) is 60.0 cm³/mol. The van der Waals surface area contributed by atoms with Gasteiger partial charge in [0.25, 0.3) is 0 Å². The Morgan fingerprint density at radius 3 is 2.53 bits per heavy atom. The van der Waals surface area contributed by atoms with Gasteiger partial charge in [-0.15, -0.1) is 0 Å². The van der Waals surface area contributed by atoms with E-state index >= 15 is 0 Å². The van der Waals surface area contributed by atoms with Crippen LogP contribution in [-0.4, -0.2) is 49.4 Å². The number of amides is 2. The summed E-state index contributed by atoms with van der Waals surface area (Å²) >= 11 is 0. The maximum Gasteiger partial charge on any atom is 0.312 e. The zero-order chi connectivity index (χ0) is 13.2. The topological polar surface area (TPSA) is 75.7 Å². The van der Waals surface area contributed by atoms with Crippen LogP contribution in [0.3, 0.4) is 0 Å². The third-order valence-corrected chi connectivity index (χ3v) is 2.91. The molecule has 1 aliphatic rings. The van der Waals surface area contributed by atoms with E-state index in [0.29, 0.717) is 0 Å². The first-order valence-electron chi connectivity index (χ1n) is 5.42. The van der Waals surface area contributed by atoms with Gasteiger partial charge in [0.2, 0.25) is 11.8 Å². The zero-order valence-corrected chi connectivity index (χ0v) is 10.6. The van der Waals surface area contributed by atoms with Crippen molar-refractivity contribution in [1.29, 1.82) is 0 Å². The Morgan fingerprint density at radius 1 is 1.53 bits per heavy atom. The molecule has 0 radical (unpaired) electrons. The first kappa shape index (κ1) is 13.6. The fourth-order valence-electron chi connectivity index (χ4n) is 1.64. The van der Waals surface area contributed by atoms with Gasteiger partial charge in [0.1, 0.15) is 0 Å². The molecular formula is C11H18N2O4. The van der Waals surface area contributed by atoms with Crippen LogP contribution >= 0.6 is 0 Å². The highest BCUT2D eigenvalue weighted by molar-refractivity contribution is 6.05. The molecule has 0 aromatic carbocycles. The molecule has 0 spiro atoms. The van der Waals surface area contributed by atoms with Gasteiger partial charge in [-0.3, -0.25) is 19.3 Å². The average Bonchev–Trinajstić information content (AvgIpc) is 2.53. The van der Waals surface area contributed by atoms with Gasteiger partial charge >= 0.3 is 5.97 Å². The molecule has 17 heavy (non-hydrogen) atoms. The summed E-state index contributed by atoms with van der Waals surface area (Å²) in [6.45, 7) is 3.73. The Hall–Kier alpha value is -1.43. The number of carbonyl (C=O) groups excluding carboxylic acids is 3. The van der Waals surface area contributed by atoms with E-state index in [-0.39, 0.29) is 30.7 Å². The number of hydrogen-bond acceptors (Lipinski definition) is 5. The predicted octanol–water partition coefficient (Wildman–Crippen LogP) is -0.467. The molecule has 1 aliphatic heterocycles. The molecule has 0 aliphatic carbocycles. The summed E-state index contributed by atoms with van der Waals surface area (Å²) in [4.78, 5) is 35.4. The molecule has 0 aromatic rings. The zero-order valence-electron chi connectivity index (χ0n) is 10.6. The first-order valence-corrected chi connectivity index (χ1v) is 5.42. The normalized spacial score (nSPS) is 20.9. The number of rotatable bonds is 4. The number of nitrogens with zero attached hydrogens (tertiary/aromatic N) is 1. The van der Waals surface area contributed by atoms with Crippen LogP contribution in [0, 0.1) is 5.41 Å². The lowest BCUT2D eigenvalue weighted by molar-refractivity contribution is -0.150. The van der Waals surface area contributed by atoms with Crippen molar-refractivity contribution in [2.24, 2.45) is 5.41 Å². The molecule has 96 valence electrons. The summed E-state index contributed by atoms with van der Waals surface area (Å²) in [6, 6.07) is -0.531. The molecule has 2 amide bonds. The monoisotopic (exact) mass is 242 g/mol. The van der Waals surface area contributed by atoms with E-state index in [1.807, 2.05) is 0 Å². The van der Waals surface area contributed by atoms with Crippen molar-refractivity contribution in [3.63, 3.8) is 0 Å². The van der Waals surface area contributed by atoms with E-state index in [0.717, 1.165) is 4.90 Å². The lowest BCUT2D eigenvalue weighted by Crippen LogP contribution is -2.44. The highest BCUT2D eigenvalue weighted by atomic mass is 16.5. The van der Waals surface area contributed by atoms with E-state index in [1.54, 1.807) is 13.8 Å². The highest BCUT2D eigenvalue weighted by Crippen LogP contribution is 2.17. The van der Waals surface area contributed by atoms with Gasteiger partial charge in [0, 0.05) is 13.6 Å².